The fourth-order valence-electron chi connectivity index (χ4n) is 5.58. The maximum atomic E-state index is 13.6. The predicted molar refractivity (Wildman–Crippen MR) is 140 cm³/mol. The van der Waals surface area contributed by atoms with Crippen LogP contribution in [-0.2, 0) is 9.73 Å². The lowest BCUT2D eigenvalue weighted by Crippen LogP contribution is -2.39. The fourth-order valence-corrected chi connectivity index (χ4v) is 7.32. The number of aromatic nitrogens is 1. The van der Waals surface area contributed by atoms with Crippen molar-refractivity contribution in [2.45, 2.75) is 67.4 Å². The van der Waals surface area contributed by atoms with E-state index in [0.29, 0.717) is 27.4 Å². The number of carbonyl (C=O) groups is 1. The molecule has 0 bridgehead atoms. The van der Waals surface area contributed by atoms with Gasteiger partial charge in [0.1, 0.15) is 5.82 Å². The summed E-state index contributed by atoms with van der Waals surface area (Å²) in [4.78, 5) is 22.4. The van der Waals surface area contributed by atoms with Gasteiger partial charge in [0.15, 0.2) is 0 Å². The molecule has 4 fully saturated rings. The molecule has 7 nitrogen and oxygen atoms in total. The van der Waals surface area contributed by atoms with Crippen molar-refractivity contribution in [2.75, 3.05) is 41.3 Å². The number of carbonyl (C=O) groups excluding carboxylic acids is 1. The van der Waals surface area contributed by atoms with Gasteiger partial charge in [0.05, 0.1) is 21.0 Å². The van der Waals surface area contributed by atoms with Crippen LogP contribution in [0.3, 0.4) is 0 Å². The Morgan fingerprint density at radius 1 is 0.973 bits per heavy atom. The van der Waals surface area contributed by atoms with Crippen molar-refractivity contribution >= 4 is 32.8 Å². The second kappa shape index (κ2) is 8.92. The number of anilines is 3. The Morgan fingerprint density at radius 3 is 2.30 bits per heavy atom. The largest absolute Gasteiger partial charge is 0.371 e. The number of rotatable bonds is 6. The summed E-state index contributed by atoms with van der Waals surface area (Å²) in [6.07, 6.45) is 7.49. The molecule has 0 radical (unpaired) electrons. The topological polar surface area (TPSA) is 89.4 Å². The highest BCUT2D eigenvalue weighted by Gasteiger charge is 2.45. The molecule has 2 aliphatic heterocycles. The van der Waals surface area contributed by atoms with Gasteiger partial charge in [-0.05, 0) is 68.2 Å². The number of pyridine rings is 1. The van der Waals surface area contributed by atoms with Gasteiger partial charge in [0, 0.05) is 67.1 Å². The molecule has 1 aromatic heterocycles. The van der Waals surface area contributed by atoms with E-state index in [1.165, 1.54) is 12.8 Å². The van der Waals surface area contributed by atoms with Gasteiger partial charge in [0.2, 0.25) is 0 Å². The molecular weight excluding hydrogens is 496 g/mol. The number of halogens is 2. The van der Waals surface area contributed by atoms with E-state index in [9.17, 15) is 17.8 Å². The van der Waals surface area contributed by atoms with E-state index in [4.69, 9.17) is 4.78 Å². The Morgan fingerprint density at radius 2 is 1.65 bits per heavy atom. The average molecular weight is 530 g/mol. The zero-order chi connectivity index (χ0) is 25.8. The number of nitrogens with zero attached hydrogens (tertiary/aromatic N) is 3. The molecular formula is C27H33F2N5O2S. The third kappa shape index (κ3) is 5.04. The molecule has 10 heteroatoms. The summed E-state index contributed by atoms with van der Waals surface area (Å²) >= 11 is 0. The first-order valence-corrected chi connectivity index (χ1v) is 14.8. The predicted octanol–water partition coefficient (Wildman–Crippen LogP) is 5.52. The summed E-state index contributed by atoms with van der Waals surface area (Å²) in [6.45, 7) is 2.11. The van der Waals surface area contributed by atoms with Crippen molar-refractivity contribution in [1.82, 2.24) is 4.98 Å². The van der Waals surface area contributed by atoms with Gasteiger partial charge in [-0.3, -0.25) is 4.79 Å². The van der Waals surface area contributed by atoms with Crippen LogP contribution in [0.15, 0.2) is 41.4 Å². The monoisotopic (exact) mass is 529 g/mol. The number of hydrogen-bond acceptors (Lipinski definition) is 6. The van der Waals surface area contributed by atoms with Crippen LogP contribution in [-0.4, -0.2) is 52.5 Å². The van der Waals surface area contributed by atoms with Crippen LogP contribution in [0, 0.1) is 10.2 Å². The standard InChI is InChI=1S/C27H33F2N5O2S/c28-27(29)10-15-34(16-11-27)24-17-19(5-12-31-24)32-25(35)22-4-3-21(37(30,36)20-1-2-20)18-23(22)33-13-8-26(6-7-26)9-14-33/h3-5,12,17-18,20,30H,1-2,6-11,13-16H2,(H,31,32,35). The third-order valence-electron chi connectivity index (χ3n) is 8.50. The van der Waals surface area contributed by atoms with Crippen LogP contribution >= 0.6 is 0 Å². The van der Waals surface area contributed by atoms with Crippen molar-refractivity contribution < 1.29 is 17.8 Å². The van der Waals surface area contributed by atoms with Gasteiger partial charge < -0.3 is 15.1 Å². The molecule has 1 spiro atoms. The molecule has 1 aromatic carbocycles. The van der Waals surface area contributed by atoms with E-state index in [1.54, 1.807) is 36.5 Å². The summed E-state index contributed by atoms with van der Waals surface area (Å²) in [5.74, 6) is -2.37. The lowest BCUT2D eigenvalue weighted by atomic mass is 9.93. The molecule has 198 valence electrons. The van der Waals surface area contributed by atoms with Crippen LogP contribution in [0.4, 0.5) is 26.0 Å². The van der Waals surface area contributed by atoms with E-state index in [2.05, 4.69) is 15.2 Å². The second-order valence-corrected chi connectivity index (χ2v) is 13.5. The molecule has 37 heavy (non-hydrogen) atoms. The SMILES string of the molecule is N=S(=O)(c1ccc(C(=O)Nc2ccnc(N3CCC(F)(F)CC3)c2)c(N2CCC3(CC2)CC3)c1)C1CC1. The average Bonchev–Trinajstić information content (AvgIpc) is 3.81. The van der Waals surface area contributed by atoms with E-state index >= 15 is 0 Å². The first kappa shape index (κ1) is 24.6. The fraction of sp³-hybridized carbons (Fsp3) is 0.556. The minimum Gasteiger partial charge on any atom is -0.371 e. The van der Waals surface area contributed by atoms with Crippen LogP contribution in [0.2, 0.25) is 0 Å². The highest BCUT2D eigenvalue weighted by molar-refractivity contribution is 7.93. The van der Waals surface area contributed by atoms with Crippen molar-refractivity contribution in [3.63, 3.8) is 0 Å². The van der Waals surface area contributed by atoms with Crippen LogP contribution in [0.5, 0.6) is 0 Å². The lowest BCUT2D eigenvalue weighted by Gasteiger charge is -2.35. The Kier molecular flexibility index (Phi) is 5.93. The highest BCUT2D eigenvalue weighted by Crippen LogP contribution is 2.54. The Balaban J connectivity index is 1.25. The second-order valence-electron chi connectivity index (χ2n) is 11.2. The molecule has 2 saturated carbocycles. The minimum atomic E-state index is -2.89. The van der Waals surface area contributed by atoms with E-state index in [1.807, 2.05) is 4.90 Å². The van der Waals surface area contributed by atoms with Gasteiger partial charge in [-0.1, -0.05) is 0 Å². The van der Waals surface area contributed by atoms with Gasteiger partial charge in [-0.2, -0.15) is 0 Å². The molecule has 2 aromatic rings. The summed E-state index contributed by atoms with van der Waals surface area (Å²) < 4.78 is 48.9. The smallest absolute Gasteiger partial charge is 0.257 e. The summed E-state index contributed by atoms with van der Waals surface area (Å²) in [6, 6.07) is 8.59. The molecule has 4 aliphatic rings. The Bertz CT molecular complexity index is 1300. The van der Waals surface area contributed by atoms with Crippen LogP contribution in [0.25, 0.3) is 0 Å². The van der Waals surface area contributed by atoms with Gasteiger partial charge in [-0.25, -0.2) is 22.8 Å². The summed E-state index contributed by atoms with van der Waals surface area (Å²) in [5.41, 5.74) is 2.23. The number of hydrogen-bond donors (Lipinski definition) is 2. The molecule has 6 rings (SSSR count). The minimum absolute atomic E-state index is 0.0962. The number of alkyl halides is 2. The molecule has 1 unspecified atom stereocenters. The van der Waals surface area contributed by atoms with E-state index in [0.717, 1.165) is 44.5 Å². The Labute approximate surface area is 216 Å². The molecule has 1 atom stereocenters. The Hall–Kier alpha value is -2.75. The van der Waals surface area contributed by atoms with Crippen LogP contribution in [0.1, 0.15) is 61.7 Å². The van der Waals surface area contributed by atoms with E-state index < -0.39 is 15.7 Å². The van der Waals surface area contributed by atoms with Crippen molar-refractivity contribution in [1.29, 1.82) is 4.78 Å². The number of piperidine rings is 2. The summed E-state index contributed by atoms with van der Waals surface area (Å²) in [5, 5.41) is 2.86. The zero-order valence-corrected chi connectivity index (χ0v) is 21.7. The van der Waals surface area contributed by atoms with Crippen molar-refractivity contribution in [3.05, 3.63) is 42.1 Å². The lowest BCUT2D eigenvalue weighted by molar-refractivity contribution is -0.0221. The first-order valence-electron chi connectivity index (χ1n) is 13.2. The van der Waals surface area contributed by atoms with E-state index in [-0.39, 0.29) is 37.1 Å². The maximum Gasteiger partial charge on any atom is 0.257 e. The third-order valence-corrected chi connectivity index (χ3v) is 10.9. The maximum absolute atomic E-state index is 13.6. The van der Waals surface area contributed by atoms with Crippen molar-refractivity contribution in [2.24, 2.45) is 5.41 Å². The molecule has 2 aliphatic carbocycles. The van der Waals surface area contributed by atoms with Crippen LogP contribution < -0.4 is 15.1 Å². The van der Waals surface area contributed by atoms with Gasteiger partial charge >= 0.3 is 0 Å². The number of amides is 1. The molecule has 1 amide bonds. The highest BCUT2D eigenvalue weighted by atomic mass is 32.2. The first-order chi connectivity index (χ1) is 17.6. The quantitative estimate of drug-likeness (QED) is 0.515. The van der Waals surface area contributed by atoms with Gasteiger partial charge in [-0.15, -0.1) is 0 Å². The number of nitrogens with one attached hydrogen (secondary N) is 2. The zero-order valence-electron chi connectivity index (χ0n) is 20.8. The molecule has 2 saturated heterocycles. The molecule has 2 N–H and O–H groups in total. The normalized spacial score (nSPS) is 23.9. The molecule has 3 heterocycles. The van der Waals surface area contributed by atoms with Gasteiger partial charge in [0.25, 0.3) is 11.8 Å². The summed E-state index contributed by atoms with van der Waals surface area (Å²) in [7, 11) is -2.89. The number of benzene rings is 1. The van der Waals surface area contributed by atoms with Crippen molar-refractivity contribution in [3.8, 4) is 0 Å².